The zero-order chi connectivity index (χ0) is 20.6. The van der Waals surface area contributed by atoms with Gasteiger partial charge in [-0.05, 0) is 38.1 Å². The summed E-state index contributed by atoms with van der Waals surface area (Å²) in [6, 6.07) is 11.2. The van der Waals surface area contributed by atoms with Crippen molar-refractivity contribution >= 4 is 23.4 Å². The molecule has 29 heavy (non-hydrogen) atoms. The molecule has 2 heterocycles. The van der Waals surface area contributed by atoms with Crippen LogP contribution in [0.15, 0.2) is 42.6 Å². The highest BCUT2D eigenvalue weighted by Crippen LogP contribution is 2.27. The highest BCUT2D eigenvalue weighted by molar-refractivity contribution is 5.93. The fourth-order valence-electron chi connectivity index (χ4n) is 3.10. The molecule has 1 N–H and O–H groups in total. The maximum Gasteiger partial charge on any atom is 0.409 e. The molecule has 1 aromatic heterocycles. The molecule has 1 aromatic carbocycles. The van der Waals surface area contributed by atoms with E-state index in [4.69, 9.17) is 9.47 Å². The molecule has 154 valence electrons. The summed E-state index contributed by atoms with van der Waals surface area (Å²) in [5.74, 6) is 0.588. The van der Waals surface area contributed by atoms with E-state index < -0.39 is 0 Å². The molecule has 0 radical (unpaired) electrons. The number of hydrogen-bond donors (Lipinski definition) is 1. The number of benzene rings is 1. The lowest BCUT2D eigenvalue weighted by molar-refractivity contribution is 0.0566. The van der Waals surface area contributed by atoms with E-state index in [9.17, 15) is 9.59 Å². The Bertz CT molecular complexity index is 850. The average Bonchev–Trinajstić information content (AvgIpc) is 2.75. The number of amides is 2. The number of carbonyl (C=O) groups is 2. The molecule has 0 atom stereocenters. The Balaban J connectivity index is 1.65. The highest BCUT2D eigenvalue weighted by atomic mass is 16.6. The summed E-state index contributed by atoms with van der Waals surface area (Å²) in [6.45, 7) is 6.41. The molecule has 0 unspecified atom stereocenters. The molecule has 0 bridgehead atoms. The van der Waals surface area contributed by atoms with Crippen LogP contribution in [0.5, 0.6) is 5.75 Å². The van der Waals surface area contributed by atoms with E-state index >= 15 is 0 Å². The van der Waals surface area contributed by atoms with E-state index in [1.807, 2.05) is 31.2 Å². The van der Waals surface area contributed by atoms with E-state index in [1.165, 1.54) is 0 Å². The normalized spacial score (nSPS) is 13.7. The predicted octanol–water partition coefficient (Wildman–Crippen LogP) is 3.14. The molecule has 1 fully saturated rings. The Hall–Kier alpha value is -3.29. The van der Waals surface area contributed by atoms with Crippen LogP contribution < -0.4 is 10.1 Å². The van der Waals surface area contributed by atoms with Gasteiger partial charge < -0.3 is 24.6 Å². The van der Waals surface area contributed by atoms with Crippen molar-refractivity contribution < 1.29 is 19.1 Å². The predicted molar refractivity (Wildman–Crippen MR) is 110 cm³/mol. The second kappa shape index (κ2) is 9.77. The van der Waals surface area contributed by atoms with E-state index in [-0.39, 0.29) is 12.0 Å². The van der Waals surface area contributed by atoms with Gasteiger partial charge in [-0.3, -0.25) is 9.78 Å². The van der Waals surface area contributed by atoms with Gasteiger partial charge in [-0.25, -0.2) is 4.79 Å². The number of hydrogen-bond acceptors (Lipinski definition) is 6. The minimum atomic E-state index is -0.336. The van der Waals surface area contributed by atoms with Crippen LogP contribution in [0.3, 0.4) is 0 Å². The standard InChI is InChI=1S/C21H26N4O4/c1-3-28-19-8-6-5-7-17(19)23-16-9-10-22-18(15-16)20(26)24-11-13-25(14-12-24)21(27)29-4-2/h5-10,15H,3-4,11-14H2,1-2H3,(H,22,23). The lowest BCUT2D eigenvalue weighted by Gasteiger charge is -2.33. The highest BCUT2D eigenvalue weighted by Gasteiger charge is 2.26. The topological polar surface area (TPSA) is 84.0 Å². The minimum absolute atomic E-state index is 0.157. The van der Waals surface area contributed by atoms with Crippen molar-refractivity contribution in [3.8, 4) is 5.75 Å². The molecular formula is C21H26N4O4. The van der Waals surface area contributed by atoms with Crippen LogP contribution in [0.1, 0.15) is 24.3 Å². The van der Waals surface area contributed by atoms with Crippen LogP contribution in [-0.2, 0) is 4.74 Å². The van der Waals surface area contributed by atoms with Gasteiger partial charge in [0.25, 0.3) is 5.91 Å². The number of rotatable bonds is 6. The van der Waals surface area contributed by atoms with Crippen molar-refractivity contribution in [1.29, 1.82) is 0 Å². The first kappa shape index (κ1) is 20.4. The van der Waals surface area contributed by atoms with Gasteiger partial charge in [0.15, 0.2) is 0 Å². The smallest absolute Gasteiger partial charge is 0.409 e. The number of carbonyl (C=O) groups excluding carboxylic acids is 2. The second-order valence-electron chi connectivity index (χ2n) is 6.46. The molecule has 1 aliphatic rings. The third-order valence-electron chi connectivity index (χ3n) is 4.54. The van der Waals surface area contributed by atoms with Crippen LogP contribution in [-0.4, -0.2) is 66.2 Å². The van der Waals surface area contributed by atoms with E-state index in [1.54, 1.807) is 35.1 Å². The maximum atomic E-state index is 12.9. The van der Waals surface area contributed by atoms with Crippen LogP contribution in [0.2, 0.25) is 0 Å². The fourth-order valence-corrected chi connectivity index (χ4v) is 3.10. The molecule has 1 aliphatic heterocycles. The van der Waals surface area contributed by atoms with Crippen LogP contribution >= 0.6 is 0 Å². The molecule has 0 spiro atoms. The number of nitrogens with one attached hydrogen (secondary N) is 1. The van der Waals surface area contributed by atoms with Crippen LogP contribution in [0, 0.1) is 0 Å². The molecule has 3 rings (SSSR count). The summed E-state index contributed by atoms with van der Waals surface area (Å²) in [5.41, 5.74) is 1.93. The number of anilines is 2. The molecule has 2 aromatic rings. The van der Waals surface area contributed by atoms with Crippen molar-refractivity contribution in [3.63, 3.8) is 0 Å². The summed E-state index contributed by atoms with van der Waals surface area (Å²) in [5, 5.41) is 3.29. The van der Waals surface area contributed by atoms with E-state index in [0.717, 1.165) is 17.1 Å². The number of nitrogens with zero attached hydrogens (tertiary/aromatic N) is 3. The van der Waals surface area contributed by atoms with Gasteiger partial charge in [-0.1, -0.05) is 12.1 Å². The Morgan fingerprint density at radius 2 is 1.76 bits per heavy atom. The summed E-state index contributed by atoms with van der Waals surface area (Å²) < 4.78 is 10.6. The zero-order valence-corrected chi connectivity index (χ0v) is 16.8. The van der Waals surface area contributed by atoms with Gasteiger partial charge in [0, 0.05) is 38.1 Å². The van der Waals surface area contributed by atoms with Gasteiger partial charge >= 0.3 is 6.09 Å². The summed E-state index contributed by atoms with van der Waals surface area (Å²) >= 11 is 0. The number of aromatic nitrogens is 1. The Morgan fingerprint density at radius 3 is 2.48 bits per heavy atom. The van der Waals surface area contributed by atoms with Gasteiger partial charge in [0.1, 0.15) is 11.4 Å². The zero-order valence-electron chi connectivity index (χ0n) is 16.8. The minimum Gasteiger partial charge on any atom is -0.492 e. The van der Waals surface area contributed by atoms with Gasteiger partial charge in [0.05, 0.1) is 18.9 Å². The summed E-state index contributed by atoms with van der Waals surface area (Å²) in [6.07, 6.45) is 1.27. The van der Waals surface area contributed by atoms with Gasteiger partial charge in [-0.15, -0.1) is 0 Å². The number of piperazine rings is 1. The van der Waals surface area contributed by atoms with Gasteiger partial charge in [0.2, 0.25) is 0 Å². The number of ether oxygens (including phenoxy) is 2. The Kier molecular flexibility index (Phi) is 6.89. The number of pyridine rings is 1. The molecule has 2 amide bonds. The van der Waals surface area contributed by atoms with E-state index in [2.05, 4.69) is 10.3 Å². The van der Waals surface area contributed by atoms with Crippen molar-refractivity contribution in [3.05, 3.63) is 48.3 Å². The lowest BCUT2D eigenvalue weighted by Crippen LogP contribution is -2.50. The quantitative estimate of drug-likeness (QED) is 0.805. The first-order valence-electron chi connectivity index (χ1n) is 9.78. The Morgan fingerprint density at radius 1 is 1.03 bits per heavy atom. The van der Waals surface area contributed by atoms with Gasteiger partial charge in [-0.2, -0.15) is 0 Å². The Labute approximate surface area is 170 Å². The van der Waals surface area contributed by atoms with Crippen molar-refractivity contribution in [2.75, 3.05) is 44.7 Å². The first-order chi connectivity index (χ1) is 14.1. The molecule has 8 nitrogen and oxygen atoms in total. The van der Waals surface area contributed by atoms with Crippen molar-refractivity contribution in [2.24, 2.45) is 0 Å². The summed E-state index contributed by atoms with van der Waals surface area (Å²) in [4.78, 5) is 32.2. The first-order valence-corrected chi connectivity index (χ1v) is 9.78. The van der Waals surface area contributed by atoms with E-state index in [0.29, 0.717) is 45.1 Å². The second-order valence-corrected chi connectivity index (χ2v) is 6.46. The largest absolute Gasteiger partial charge is 0.492 e. The molecule has 0 aliphatic carbocycles. The van der Waals surface area contributed by atoms with Crippen LogP contribution in [0.4, 0.5) is 16.2 Å². The van der Waals surface area contributed by atoms with Crippen molar-refractivity contribution in [1.82, 2.24) is 14.8 Å². The third kappa shape index (κ3) is 5.16. The molecule has 0 saturated carbocycles. The van der Waals surface area contributed by atoms with Crippen molar-refractivity contribution in [2.45, 2.75) is 13.8 Å². The fraction of sp³-hybridized carbons (Fsp3) is 0.381. The number of para-hydroxylation sites is 2. The monoisotopic (exact) mass is 398 g/mol. The molecule has 8 heteroatoms. The van der Waals surface area contributed by atoms with Crippen LogP contribution in [0.25, 0.3) is 0 Å². The summed E-state index contributed by atoms with van der Waals surface area (Å²) in [7, 11) is 0. The maximum absolute atomic E-state index is 12.9. The average molecular weight is 398 g/mol. The SMILES string of the molecule is CCOC(=O)N1CCN(C(=O)c2cc(Nc3ccccc3OCC)ccn2)CC1. The molecular weight excluding hydrogens is 372 g/mol. The third-order valence-corrected chi connectivity index (χ3v) is 4.54. The lowest BCUT2D eigenvalue weighted by atomic mass is 10.2. The molecule has 1 saturated heterocycles.